The van der Waals surface area contributed by atoms with E-state index >= 15 is 0 Å². The summed E-state index contributed by atoms with van der Waals surface area (Å²) in [6, 6.07) is 21.3. The number of carbonyl (C=O) groups excluding carboxylic acids is 2. The van der Waals surface area contributed by atoms with Gasteiger partial charge in [0.2, 0.25) is 11.8 Å². The highest BCUT2D eigenvalue weighted by molar-refractivity contribution is 5.89. The van der Waals surface area contributed by atoms with Gasteiger partial charge in [-0.05, 0) is 59.9 Å². The SMILES string of the molecule is COc1cccc(CN(C(=O)Cn2nnc3ccccc32)[C@H](C(=O)NCCC(C)C)c2cccc(OC)c2)c1. The highest BCUT2D eigenvalue weighted by atomic mass is 16.5. The normalized spacial score (nSPS) is 11.8. The zero-order chi connectivity index (χ0) is 27.8. The largest absolute Gasteiger partial charge is 0.497 e. The van der Waals surface area contributed by atoms with Gasteiger partial charge < -0.3 is 19.7 Å². The molecule has 0 saturated carbocycles. The topological polar surface area (TPSA) is 98.6 Å². The third-order valence-electron chi connectivity index (χ3n) is 6.50. The number of aromatic nitrogens is 3. The predicted molar refractivity (Wildman–Crippen MR) is 149 cm³/mol. The van der Waals surface area contributed by atoms with Crippen molar-refractivity contribution in [1.29, 1.82) is 0 Å². The van der Waals surface area contributed by atoms with Crippen molar-refractivity contribution in [1.82, 2.24) is 25.2 Å². The van der Waals surface area contributed by atoms with E-state index in [-0.39, 0.29) is 24.9 Å². The van der Waals surface area contributed by atoms with Crippen LogP contribution in [-0.2, 0) is 22.7 Å². The van der Waals surface area contributed by atoms with E-state index in [0.717, 1.165) is 17.5 Å². The van der Waals surface area contributed by atoms with Gasteiger partial charge in [-0.2, -0.15) is 0 Å². The van der Waals surface area contributed by atoms with Crippen LogP contribution in [0.4, 0.5) is 0 Å². The Bertz CT molecular complexity index is 1420. The summed E-state index contributed by atoms with van der Waals surface area (Å²) in [7, 11) is 3.17. The summed E-state index contributed by atoms with van der Waals surface area (Å²) in [6.45, 7) is 4.82. The van der Waals surface area contributed by atoms with Gasteiger partial charge in [0.15, 0.2) is 0 Å². The molecule has 0 aliphatic heterocycles. The van der Waals surface area contributed by atoms with E-state index in [2.05, 4.69) is 29.5 Å². The van der Waals surface area contributed by atoms with Crippen LogP contribution in [0.3, 0.4) is 0 Å². The quantitative estimate of drug-likeness (QED) is 0.292. The summed E-state index contributed by atoms with van der Waals surface area (Å²) < 4.78 is 12.4. The first-order valence-corrected chi connectivity index (χ1v) is 13.0. The minimum absolute atomic E-state index is 0.0791. The van der Waals surface area contributed by atoms with E-state index in [4.69, 9.17) is 9.47 Å². The fourth-order valence-electron chi connectivity index (χ4n) is 4.41. The maximum absolute atomic E-state index is 14.1. The Morgan fingerprint density at radius 3 is 2.41 bits per heavy atom. The van der Waals surface area contributed by atoms with Crippen LogP contribution in [0.25, 0.3) is 11.0 Å². The molecule has 4 rings (SSSR count). The van der Waals surface area contributed by atoms with Crippen molar-refractivity contribution in [3.05, 3.63) is 83.9 Å². The Labute approximate surface area is 228 Å². The summed E-state index contributed by atoms with van der Waals surface area (Å²) >= 11 is 0. The van der Waals surface area contributed by atoms with Crippen LogP contribution in [0.15, 0.2) is 72.8 Å². The number of benzene rings is 3. The molecule has 1 atom stereocenters. The third kappa shape index (κ3) is 6.93. The number of methoxy groups -OCH3 is 2. The van der Waals surface area contributed by atoms with Gasteiger partial charge in [0.25, 0.3) is 0 Å². The fourth-order valence-corrected chi connectivity index (χ4v) is 4.41. The van der Waals surface area contributed by atoms with Crippen LogP contribution < -0.4 is 14.8 Å². The van der Waals surface area contributed by atoms with Gasteiger partial charge >= 0.3 is 0 Å². The lowest BCUT2D eigenvalue weighted by molar-refractivity contribution is -0.142. The van der Waals surface area contributed by atoms with Gasteiger partial charge in [-0.25, -0.2) is 4.68 Å². The number of rotatable bonds is 12. The lowest BCUT2D eigenvalue weighted by Gasteiger charge is -2.32. The van der Waals surface area contributed by atoms with E-state index in [1.165, 1.54) is 0 Å². The summed E-state index contributed by atoms with van der Waals surface area (Å²) in [5.74, 6) is 1.16. The summed E-state index contributed by atoms with van der Waals surface area (Å²) in [5, 5.41) is 11.4. The number of hydrogen-bond acceptors (Lipinski definition) is 6. The minimum atomic E-state index is -0.902. The molecule has 9 nitrogen and oxygen atoms in total. The summed E-state index contributed by atoms with van der Waals surface area (Å²) in [5.41, 5.74) is 2.91. The second-order valence-corrected chi connectivity index (χ2v) is 9.76. The number of nitrogens with one attached hydrogen (secondary N) is 1. The van der Waals surface area contributed by atoms with Crippen LogP contribution in [0.2, 0.25) is 0 Å². The molecular weight excluding hydrogens is 494 g/mol. The van der Waals surface area contributed by atoms with Crippen molar-refractivity contribution in [2.24, 2.45) is 5.92 Å². The van der Waals surface area contributed by atoms with E-state index in [0.29, 0.717) is 35.0 Å². The van der Waals surface area contributed by atoms with Crippen molar-refractivity contribution < 1.29 is 19.1 Å². The average Bonchev–Trinajstić information content (AvgIpc) is 3.35. The van der Waals surface area contributed by atoms with Gasteiger partial charge in [-0.15, -0.1) is 5.10 Å². The first-order chi connectivity index (χ1) is 18.9. The number of para-hydroxylation sites is 1. The Kier molecular flexibility index (Phi) is 9.14. The Hall–Kier alpha value is -4.40. The van der Waals surface area contributed by atoms with Gasteiger partial charge in [0.1, 0.15) is 29.6 Å². The number of fused-ring (bicyclic) bond motifs is 1. The summed E-state index contributed by atoms with van der Waals surface area (Å²) in [6.07, 6.45) is 0.825. The number of amides is 2. The van der Waals surface area contributed by atoms with Crippen molar-refractivity contribution in [3.8, 4) is 11.5 Å². The smallest absolute Gasteiger partial charge is 0.247 e. The first kappa shape index (κ1) is 27.6. The van der Waals surface area contributed by atoms with Crippen LogP contribution >= 0.6 is 0 Å². The fraction of sp³-hybridized carbons (Fsp3) is 0.333. The lowest BCUT2D eigenvalue weighted by Crippen LogP contribution is -2.45. The van der Waals surface area contributed by atoms with Gasteiger partial charge in [-0.1, -0.05) is 55.5 Å². The zero-order valence-electron chi connectivity index (χ0n) is 22.8. The maximum atomic E-state index is 14.1. The monoisotopic (exact) mass is 529 g/mol. The van der Waals surface area contributed by atoms with Crippen LogP contribution in [0.5, 0.6) is 11.5 Å². The van der Waals surface area contributed by atoms with Gasteiger partial charge in [0, 0.05) is 13.1 Å². The Morgan fingerprint density at radius 1 is 0.949 bits per heavy atom. The average molecular weight is 530 g/mol. The molecule has 3 aromatic carbocycles. The third-order valence-corrected chi connectivity index (χ3v) is 6.50. The molecule has 0 aliphatic rings. The molecule has 1 heterocycles. The molecular formula is C30H35N5O4. The summed E-state index contributed by atoms with van der Waals surface area (Å²) in [4.78, 5) is 29.4. The first-order valence-electron chi connectivity index (χ1n) is 13.0. The molecule has 1 N–H and O–H groups in total. The number of carbonyl (C=O) groups is 2. The highest BCUT2D eigenvalue weighted by Crippen LogP contribution is 2.28. The lowest BCUT2D eigenvalue weighted by atomic mass is 10.0. The molecule has 0 radical (unpaired) electrons. The molecule has 204 valence electrons. The molecule has 0 bridgehead atoms. The van der Waals surface area contributed by atoms with Crippen molar-refractivity contribution in [3.63, 3.8) is 0 Å². The standard InChI is InChI=1S/C30H35N5O4/c1-21(2)15-16-31-30(37)29(23-10-8-12-25(18-23)39-4)34(19-22-9-7-11-24(17-22)38-3)28(36)20-35-27-14-6-5-13-26(27)32-33-35/h5-14,17-18,21,29H,15-16,19-20H2,1-4H3,(H,31,37)/t29-/m0/s1. The Morgan fingerprint density at radius 2 is 1.67 bits per heavy atom. The molecule has 39 heavy (non-hydrogen) atoms. The van der Waals surface area contributed by atoms with Crippen LogP contribution in [0, 0.1) is 5.92 Å². The second-order valence-electron chi connectivity index (χ2n) is 9.76. The van der Waals surface area contributed by atoms with Crippen molar-refractivity contribution in [2.45, 2.75) is 39.4 Å². The van der Waals surface area contributed by atoms with Gasteiger partial charge in [0.05, 0.1) is 19.7 Å². The van der Waals surface area contributed by atoms with E-state index in [1.807, 2.05) is 66.7 Å². The molecule has 0 aliphatic carbocycles. The molecule has 4 aromatic rings. The van der Waals surface area contributed by atoms with E-state index in [1.54, 1.807) is 29.9 Å². The minimum Gasteiger partial charge on any atom is -0.497 e. The Balaban J connectivity index is 1.75. The van der Waals surface area contributed by atoms with Gasteiger partial charge in [-0.3, -0.25) is 9.59 Å². The molecule has 0 unspecified atom stereocenters. The molecule has 1 aromatic heterocycles. The molecule has 2 amide bonds. The maximum Gasteiger partial charge on any atom is 0.247 e. The number of ether oxygens (including phenoxy) is 2. The van der Waals surface area contributed by atoms with Crippen molar-refractivity contribution in [2.75, 3.05) is 20.8 Å². The van der Waals surface area contributed by atoms with E-state index < -0.39 is 6.04 Å². The molecule has 0 fully saturated rings. The number of hydrogen-bond donors (Lipinski definition) is 1. The highest BCUT2D eigenvalue weighted by Gasteiger charge is 2.32. The van der Waals surface area contributed by atoms with Crippen LogP contribution in [0.1, 0.15) is 37.4 Å². The molecule has 9 heteroatoms. The van der Waals surface area contributed by atoms with Crippen LogP contribution in [-0.4, -0.2) is 52.5 Å². The van der Waals surface area contributed by atoms with Crippen molar-refractivity contribution >= 4 is 22.8 Å². The second kappa shape index (κ2) is 12.9. The predicted octanol–water partition coefficient (Wildman–Crippen LogP) is 4.38. The zero-order valence-corrected chi connectivity index (χ0v) is 22.8. The number of nitrogens with zero attached hydrogens (tertiary/aromatic N) is 4. The molecule has 0 saturated heterocycles. The molecule has 0 spiro atoms. The van der Waals surface area contributed by atoms with E-state index in [9.17, 15) is 9.59 Å².